The van der Waals surface area contributed by atoms with E-state index >= 15 is 0 Å². The van der Waals surface area contributed by atoms with E-state index in [2.05, 4.69) is 10.6 Å². The van der Waals surface area contributed by atoms with Crippen molar-refractivity contribution in [3.05, 3.63) is 95.7 Å². The Kier molecular flexibility index (Phi) is 6.27. The Hall–Kier alpha value is -4.06. The van der Waals surface area contributed by atoms with E-state index in [0.29, 0.717) is 17.0 Å². The summed E-state index contributed by atoms with van der Waals surface area (Å²) < 4.78 is 5.14. The van der Waals surface area contributed by atoms with Crippen LogP contribution < -0.4 is 15.4 Å². The van der Waals surface area contributed by atoms with Crippen LogP contribution in [0.25, 0.3) is 6.08 Å². The zero-order valence-corrected chi connectivity index (χ0v) is 15.8. The highest BCUT2D eigenvalue weighted by Gasteiger charge is 2.15. The van der Waals surface area contributed by atoms with Crippen molar-refractivity contribution in [1.29, 1.82) is 0 Å². The molecule has 3 rings (SSSR count). The van der Waals surface area contributed by atoms with Gasteiger partial charge in [0.05, 0.1) is 7.11 Å². The number of nitrogens with one attached hydrogen (secondary N) is 2. The highest BCUT2D eigenvalue weighted by Crippen LogP contribution is 2.17. The second kappa shape index (κ2) is 9.23. The molecule has 0 aliphatic carbocycles. The molecule has 2 amide bonds. The molecule has 0 spiro atoms. The Morgan fingerprint density at radius 2 is 1.55 bits per heavy atom. The van der Waals surface area contributed by atoms with E-state index in [1.54, 1.807) is 73.8 Å². The van der Waals surface area contributed by atoms with Crippen LogP contribution in [-0.4, -0.2) is 24.0 Å². The number of carbonyl (C=O) groups is 2. The summed E-state index contributed by atoms with van der Waals surface area (Å²) in [4.78, 5) is 25.4. The van der Waals surface area contributed by atoms with Gasteiger partial charge in [-0.25, -0.2) is 0 Å². The first-order valence-corrected chi connectivity index (χ1v) is 8.87. The average molecular weight is 388 g/mol. The molecule has 0 unspecified atom stereocenters. The Balaban J connectivity index is 1.86. The molecule has 3 aromatic carbocycles. The topological polar surface area (TPSA) is 87.7 Å². The summed E-state index contributed by atoms with van der Waals surface area (Å²) in [6.07, 6.45) is 1.58. The van der Waals surface area contributed by atoms with E-state index in [0.717, 1.165) is 5.56 Å². The minimum absolute atomic E-state index is 0.0806. The third kappa shape index (κ3) is 5.46. The van der Waals surface area contributed by atoms with Gasteiger partial charge in [-0.3, -0.25) is 9.59 Å². The van der Waals surface area contributed by atoms with Gasteiger partial charge in [-0.1, -0.05) is 30.3 Å². The summed E-state index contributed by atoms with van der Waals surface area (Å²) >= 11 is 0. The fourth-order valence-corrected chi connectivity index (χ4v) is 2.55. The van der Waals surface area contributed by atoms with Gasteiger partial charge >= 0.3 is 0 Å². The maximum absolute atomic E-state index is 12.8. The molecule has 0 aliphatic rings. The number of hydrogen-bond donors (Lipinski definition) is 3. The fraction of sp³-hybridized carbons (Fsp3) is 0.0435. The normalized spacial score (nSPS) is 10.9. The van der Waals surface area contributed by atoms with Gasteiger partial charge in [-0.2, -0.15) is 0 Å². The summed E-state index contributed by atoms with van der Waals surface area (Å²) in [6.45, 7) is 0. The first kappa shape index (κ1) is 19.7. The zero-order chi connectivity index (χ0) is 20.6. The second-order valence-electron chi connectivity index (χ2n) is 6.15. The Bertz CT molecular complexity index is 1010. The SMILES string of the molecule is COc1ccc(C=C(NC(=O)c2ccccc2)C(=O)Nc2ccc(O)cc2)cc1. The molecule has 6 nitrogen and oxygen atoms in total. The van der Waals surface area contributed by atoms with Crippen LogP contribution in [0.3, 0.4) is 0 Å². The number of phenolic OH excluding ortho intramolecular Hbond substituents is 1. The molecule has 6 heteroatoms. The van der Waals surface area contributed by atoms with E-state index in [1.807, 2.05) is 6.07 Å². The monoisotopic (exact) mass is 388 g/mol. The number of carbonyl (C=O) groups excluding carboxylic acids is 2. The summed E-state index contributed by atoms with van der Waals surface area (Å²) in [5, 5.41) is 14.8. The van der Waals surface area contributed by atoms with E-state index in [4.69, 9.17) is 4.74 Å². The van der Waals surface area contributed by atoms with Crippen molar-refractivity contribution in [2.75, 3.05) is 12.4 Å². The van der Waals surface area contributed by atoms with Crippen molar-refractivity contribution in [1.82, 2.24) is 5.32 Å². The fourth-order valence-electron chi connectivity index (χ4n) is 2.55. The number of phenols is 1. The van der Waals surface area contributed by atoms with Gasteiger partial charge in [-0.15, -0.1) is 0 Å². The number of hydrogen-bond acceptors (Lipinski definition) is 4. The molecule has 3 N–H and O–H groups in total. The second-order valence-corrected chi connectivity index (χ2v) is 6.15. The van der Waals surface area contributed by atoms with Gasteiger partial charge in [0, 0.05) is 11.3 Å². The molecule has 0 saturated carbocycles. The van der Waals surface area contributed by atoms with Gasteiger partial charge < -0.3 is 20.5 Å². The molecule has 0 aliphatic heterocycles. The molecule has 0 atom stereocenters. The number of benzene rings is 3. The summed E-state index contributed by atoms with van der Waals surface area (Å²) in [5.41, 5.74) is 1.72. The van der Waals surface area contributed by atoms with Crippen molar-refractivity contribution < 1.29 is 19.4 Å². The van der Waals surface area contributed by atoms with E-state index < -0.39 is 11.8 Å². The summed E-state index contributed by atoms with van der Waals surface area (Å²) in [7, 11) is 1.57. The number of anilines is 1. The largest absolute Gasteiger partial charge is 0.508 e. The Morgan fingerprint density at radius 1 is 0.897 bits per heavy atom. The lowest BCUT2D eigenvalue weighted by Crippen LogP contribution is -2.30. The zero-order valence-electron chi connectivity index (χ0n) is 15.8. The number of amides is 2. The molecule has 0 bridgehead atoms. The first-order chi connectivity index (χ1) is 14.0. The van der Waals surface area contributed by atoms with Crippen LogP contribution in [0.1, 0.15) is 15.9 Å². The van der Waals surface area contributed by atoms with Crippen molar-refractivity contribution in [3.8, 4) is 11.5 Å². The lowest BCUT2D eigenvalue weighted by Gasteiger charge is -2.11. The lowest BCUT2D eigenvalue weighted by atomic mass is 10.1. The lowest BCUT2D eigenvalue weighted by molar-refractivity contribution is -0.113. The molecular formula is C23H20N2O4. The number of rotatable bonds is 6. The number of aromatic hydroxyl groups is 1. The van der Waals surface area contributed by atoms with Gasteiger partial charge in [-0.05, 0) is 60.2 Å². The average Bonchev–Trinajstić information content (AvgIpc) is 2.76. The molecule has 3 aromatic rings. The van der Waals surface area contributed by atoms with E-state index in [-0.39, 0.29) is 11.4 Å². The quantitative estimate of drug-likeness (QED) is 0.443. The van der Waals surface area contributed by atoms with Gasteiger partial charge in [0.25, 0.3) is 11.8 Å². The summed E-state index contributed by atoms with van der Waals surface area (Å²) in [5.74, 6) is -0.109. The van der Waals surface area contributed by atoms with Crippen molar-refractivity contribution in [3.63, 3.8) is 0 Å². The highest BCUT2D eigenvalue weighted by molar-refractivity contribution is 6.10. The molecule has 0 saturated heterocycles. The van der Waals surface area contributed by atoms with Crippen LogP contribution in [0.2, 0.25) is 0 Å². The van der Waals surface area contributed by atoms with Crippen molar-refractivity contribution in [2.45, 2.75) is 0 Å². The third-order valence-electron chi connectivity index (χ3n) is 4.08. The predicted molar refractivity (Wildman–Crippen MR) is 112 cm³/mol. The molecule has 0 radical (unpaired) electrons. The number of ether oxygens (including phenoxy) is 1. The van der Waals surface area contributed by atoms with Crippen molar-refractivity contribution in [2.24, 2.45) is 0 Å². The predicted octanol–water partition coefficient (Wildman–Crippen LogP) is 3.81. The third-order valence-corrected chi connectivity index (χ3v) is 4.08. The minimum atomic E-state index is -0.490. The smallest absolute Gasteiger partial charge is 0.272 e. The van der Waals surface area contributed by atoms with Crippen LogP contribution in [-0.2, 0) is 4.79 Å². The van der Waals surface area contributed by atoms with Crippen LogP contribution >= 0.6 is 0 Å². The van der Waals surface area contributed by atoms with E-state index in [1.165, 1.54) is 12.1 Å². The molecule has 0 aromatic heterocycles. The molecule has 29 heavy (non-hydrogen) atoms. The molecular weight excluding hydrogens is 368 g/mol. The Morgan fingerprint density at radius 3 is 2.17 bits per heavy atom. The van der Waals surface area contributed by atoms with Crippen molar-refractivity contribution >= 4 is 23.6 Å². The van der Waals surface area contributed by atoms with Gasteiger partial charge in [0.1, 0.15) is 17.2 Å². The Labute approximate surface area is 168 Å². The van der Waals surface area contributed by atoms with Crippen LogP contribution in [0.4, 0.5) is 5.69 Å². The van der Waals surface area contributed by atoms with E-state index in [9.17, 15) is 14.7 Å². The van der Waals surface area contributed by atoms with Crippen LogP contribution in [0.15, 0.2) is 84.6 Å². The summed E-state index contributed by atoms with van der Waals surface area (Å²) in [6, 6.07) is 21.8. The van der Waals surface area contributed by atoms with Crippen LogP contribution in [0.5, 0.6) is 11.5 Å². The molecule has 146 valence electrons. The maximum Gasteiger partial charge on any atom is 0.272 e. The van der Waals surface area contributed by atoms with Crippen LogP contribution in [0, 0.1) is 0 Å². The van der Waals surface area contributed by atoms with Gasteiger partial charge in [0.2, 0.25) is 0 Å². The minimum Gasteiger partial charge on any atom is -0.508 e. The standard InChI is InChI=1S/C23H20N2O4/c1-29-20-13-7-16(8-14-20)15-21(25-22(27)17-5-3-2-4-6-17)23(28)24-18-9-11-19(26)12-10-18/h2-15,26H,1H3,(H,24,28)(H,25,27). The first-order valence-electron chi connectivity index (χ1n) is 8.87. The number of methoxy groups -OCH3 is 1. The highest BCUT2D eigenvalue weighted by atomic mass is 16.5. The molecule has 0 fully saturated rings. The van der Waals surface area contributed by atoms with Gasteiger partial charge in [0.15, 0.2) is 0 Å². The molecule has 0 heterocycles. The maximum atomic E-state index is 12.8.